The second-order valence-electron chi connectivity index (χ2n) is 6.35. The van der Waals surface area contributed by atoms with Crippen LogP contribution in [0.4, 0.5) is 10.2 Å². The van der Waals surface area contributed by atoms with Gasteiger partial charge in [-0.25, -0.2) is 9.37 Å². The number of anilines is 1. The van der Waals surface area contributed by atoms with Crippen molar-refractivity contribution in [3.63, 3.8) is 0 Å². The number of methoxy groups -OCH3 is 1. The van der Waals surface area contributed by atoms with E-state index in [1.165, 1.54) is 13.2 Å². The van der Waals surface area contributed by atoms with Gasteiger partial charge in [0.15, 0.2) is 0 Å². The van der Waals surface area contributed by atoms with E-state index in [1.54, 1.807) is 24.4 Å². The molecule has 1 N–H and O–H groups in total. The first-order valence-electron chi connectivity index (χ1n) is 8.65. The standard InChI is InChI=1S/C19H23ClFN3O2/c1-26-16-5-4-14(18(21)11-16)12-23-8-9-24(13-15(23)6-10-25)19-17(20)3-2-7-22-19/h2-5,7,11,15,25H,6,8-10,12-13H2,1H3/t15-/m0/s1. The summed E-state index contributed by atoms with van der Waals surface area (Å²) in [5.74, 6) is 0.988. The summed E-state index contributed by atoms with van der Waals surface area (Å²) in [5, 5.41) is 10.1. The second-order valence-corrected chi connectivity index (χ2v) is 6.76. The van der Waals surface area contributed by atoms with Crippen LogP contribution in [0.3, 0.4) is 0 Å². The SMILES string of the molecule is COc1ccc(CN2CCN(c3ncccc3Cl)C[C@@H]2CCO)c(F)c1. The van der Waals surface area contributed by atoms with Crippen molar-refractivity contribution in [3.05, 3.63) is 52.9 Å². The zero-order valence-corrected chi connectivity index (χ0v) is 15.5. The van der Waals surface area contributed by atoms with Crippen LogP contribution in [0, 0.1) is 5.82 Å². The smallest absolute Gasteiger partial charge is 0.147 e. The predicted octanol–water partition coefficient (Wildman–Crippen LogP) is 2.96. The molecule has 0 spiro atoms. The molecular formula is C19H23ClFN3O2. The number of aromatic nitrogens is 1. The molecule has 0 saturated carbocycles. The number of aliphatic hydroxyl groups excluding tert-OH is 1. The summed E-state index contributed by atoms with van der Waals surface area (Å²) >= 11 is 6.27. The molecule has 2 aromatic rings. The Balaban J connectivity index is 1.74. The molecule has 1 aliphatic rings. The third kappa shape index (κ3) is 4.26. The van der Waals surface area contributed by atoms with Gasteiger partial charge in [-0.2, -0.15) is 0 Å². The third-order valence-corrected chi connectivity index (χ3v) is 5.03. The Bertz CT molecular complexity index is 746. The van der Waals surface area contributed by atoms with Crippen LogP contribution in [0.2, 0.25) is 5.02 Å². The molecular weight excluding hydrogens is 357 g/mol. The second kappa shape index (κ2) is 8.66. The summed E-state index contributed by atoms with van der Waals surface area (Å²) in [5.41, 5.74) is 0.623. The van der Waals surface area contributed by atoms with Gasteiger partial charge in [0.05, 0.1) is 12.1 Å². The maximum Gasteiger partial charge on any atom is 0.147 e. The van der Waals surface area contributed by atoms with Gasteiger partial charge in [-0.3, -0.25) is 4.90 Å². The van der Waals surface area contributed by atoms with E-state index >= 15 is 0 Å². The number of halogens is 2. The van der Waals surface area contributed by atoms with Crippen LogP contribution in [0.5, 0.6) is 5.75 Å². The van der Waals surface area contributed by atoms with Crippen LogP contribution in [0.1, 0.15) is 12.0 Å². The number of piperazine rings is 1. The highest BCUT2D eigenvalue weighted by atomic mass is 35.5. The average Bonchev–Trinajstić information content (AvgIpc) is 2.65. The van der Waals surface area contributed by atoms with Gasteiger partial charge < -0.3 is 14.7 Å². The monoisotopic (exact) mass is 379 g/mol. The molecule has 1 saturated heterocycles. The normalized spacial score (nSPS) is 18.2. The summed E-state index contributed by atoms with van der Waals surface area (Å²) in [4.78, 5) is 8.71. The Morgan fingerprint density at radius 3 is 2.88 bits per heavy atom. The van der Waals surface area contributed by atoms with Gasteiger partial charge >= 0.3 is 0 Å². The average molecular weight is 380 g/mol. The lowest BCUT2D eigenvalue weighted by Gasteiger charge is -2.42. The van der Waals surface area contributed by atoms with Crippen LogP contribution in [0.25, 0.3) is 0 Å². The quantitative estimate of drug-likeness (QED) is 0.836. The van der Waals surface area contributed by atoms with E-state index in [2.05, 4.69) is 14.8 Å². The van der Waals surface area contributed by atoms with E-state index in [9.17, 15) is 9.50 Å². The molecule has 0 radical (unpaired) electrons. The number of rotatable bonds is 6. The zero-order valence-electron chi connectivity index (χ0n) is 14.7. The van der Waals surface area contributed by atoms with E-state index in [0.29, 0.717) is 35.8 Å². The van der Waals surface area contributed by atoms with Crippen molar-refractivity contribution in [2.75, 3.05) is 38.3 Å². The Morgan fingerprint density at radius 1 is 1.35 bits per heavy atom. The minimum Gasteiger partial charge on any atom is -0.497 e. The number of ether oxygens (including phenoxy) is 1. The number of aliphatic hydroxyl groups is 1. The van der Waals surface area contributed by atoms with Gasteiger partial charge in [-0.15, -0.1) is 0 Å². The zero-order chi connectivity index (χ0) is 18.5. The van der Waals surface area contributed by atoms with Crippen molar-refractivity contribution < 1.29 is 14.2 Å². The molecule has 1 aromatic carbocycles. The summed E-state index contributed by atoms with van der Waals surface area (Å²) < 4.78 is 19.4. The van der Waals surface area contributed by atoms with Crippen molar-refractivity contribution in [1.29, 1.82) is 0 Å². The number of hydrogen-bond acceptors (Lipinski definition) is 5. The molecule has 0 unspecified atom stereocenters. The van der Waals surface area contributed by atoms with E-state index in [1.807, 2.05) is 6.07 Å². The minimum absolute atomic E-state index is 0.0794. The molecule has 0 bridgehead atoms. The van der Waals surface area contributed by atoms with E-state index < -0.39 is 0 Å². The van der Waals surface area contributed by atoms with E-state index in [0.717, 1.165) is 18.9 Å². The first kappa shape index (κ1) is 18.9. The van der Waals surface area contributed by atoms with Crippen molar-refractivity contribution in [3.8, 4) is 5.75 Å². The van der Waals surface area contributed by atoms with Gasteiger partial charge in [-0.1, -0.05) is 17.7 Å². The van der Waals surface area contributed by atoms with Crippen molar-refractivity contribution in [2.45, 2.75) is 19.0 Å². The van der Waals surface area contributed by atoms with Gasteiger partial charge in [0.25, 0.3) is 0 Å². The molecule has 140 valence electrons. The van der Waals surface area contributed by atoms with Gasteiger partial charge in [0.1, 0.15) is 17.4 Å². The molecule has 1 aromatic heterocycles. The summed E-state index contributed by atoms with van der Waals surface area (Å²) in [6, 6.07) is 8.65. The minimum atomic E-state index is -0.276. The highest BCUT2D eigenvalue weighted by Crippen LogP contribution is 2.27. The molecule has 5 nitrogen and oxygen atoms in total. The fourth-order valence-corrected chi connectivity index (χ4v) is 3.57. The van der Waals surface area contributed by atoms with Crippen LogP contribution in [-0.2, 0) is 6.54 Å². The summed E-state index contributed by atoms with van der Waals surface area (Å²) in [6.45, 7) is 2.74. The Labute approximate surface area is 158 Å². The van der Waals surface area contributed by atoms with Crippen LogP contribution < -0.4 is 9.64 Å². The first-order valence-corrected chi connectivity index (χ1v) is 9.03. The molecule has 1 fully saturated rings. The fraction of sp³-hybridized carbons (Fsp3) is 0.421. The molecule has 1 aliphatic heterocycles. The highest BCUT2D eigenvalue weighted by Gasteiger charge is 2.28. The lowest BCUT2D eigenvalue weighted by atomic mass is 10.1. The number of benzene rings is 1. The molecule has 1 atom stereocenters. The lowest BCUT2D eigenvalue weighted by Crippen LogP contribution is -2.53. The Morgan fingerprint density at radius 2 is 2.19 bits per heavy atom. The fourth-order valence-electron chi connectivity index (χ4n) is 3.33. The third-order valence-electron chi connectivity index (χ3n) is 4.74. The first-order chi connectivity index (χ1) is 12.6. The van der Waals surface area contributed by atoms with Crippen LogP contribution in [-0.4, -0.2) is 54.4 Å². The maximum atomic E-state index is 14.3. The lowest BCUT2D eigenvalue weighted by molar-refractivity contribution is 0.134. The Kier molecular flexibility index (Phi) is 6.29. The molecule has 0 amide bonds. The molecule has 26 heavy (non-hydrogen) atoms. The van der Waals surface area contributed by atoms with Crippen LogP contribution in [0.15, 0.2) is 36.5 Å². The predicted molar refractivity (Wildman–Crippen MR) is 100 cm³/mol. The number of pyridine rings is 1. The summed E-state index contributed by atoms with van der Waals surface area (Å²) in [7, 11) is 1.52. The van der Waals surface area contributed by atoms with Gasteiger partial charge in [0.2, 0.25) is 0 Å². The van der Waals surface area contributed by atoms with Gasteiger partial charge in [0, 0.05) is 56.7 Å². The number of nitrogens with zero attached hydrogens (tertiary/aromatic N) is 3. The molecule has 3 rings (SSSR count). The molecule has 2 heterocycles. The highest BCUT2D eigenvalue weighted by molar-refractivity contribution is 6.32. The molecule has 7 heteroatoms. The van der Waals surface area contributed by atoms with E-state index in [4.69, 9.17) is 16.3 Å². The van der Waals surface area contributed by atoms with Crippen molar-refractivity contribution in [2.24, 2.45) is 0 Å². The maximum absolute atomic E-state index is 14.3. The Hall–Kier alpha value is -1.89. The van der Waals surface area contributed by atoms with Crippen molar-refractivity contribution >= 4 is 17.4 Å². The van der Waals surface area contributed by atoms with Gasteiger partial charge in [-0.05, 0) is 24.6 Å². The summed E-state index contributed by atoms with van der Waals surface area (Å²) in [6.07, 6.45) is 2.33. The largest absolute Gasteiger partial charge is 0.497 e. The topological polar surface area (TPSA) is 48.8 Å². The van der Waals surface area contributed by atoms with E-state index in [-0.39, 0.29) is 18.5 Å². The number of hydrogen-bond donors (Lipinski definition) is 1. The van der Waals surface area contributed by atoms with Crippen molar-refractivity contribution in [1.82, 2.24) is 9.88 Å². The van der Waals surface area contributed by atoms with Crippen LogP contribution >= 0.6 is 11.6 Å². The molecule has 0 aliphatic carbocycles.